The molecule has 0 radical (unpaired) electrons. The van der Waals surface area contributed by atoms with Gasteiger partial charge in [0.15, 0.2) is 11.4 Å². The largest absolute Gasteiger partial charge is 0.505 e. The standard InChI is InChI=1S/C16H12ClN3O2/c17-12-7-3-1-5-10(12)9-18-16(22)14-15(21)11-6-2-4-8-13(11)19-20-14/h1-8H,9H2,(H,18,22)(H,19,21). The Balaban J connectivity index is 1.84. The molecule has 2 aromatic carbocycles. The number of carbonyl (C=O) groups excluding carboxylic acids is 1. The Morgan fingerprint density at radius 1 is 1.09 bits per heavy atom. The van der Waals surface area contributed by atoms with E-state index in [2.05, 4.69) is 15.5 Å². The van der Waals surface area contributed by atoms with Gasteiger partial charge in [-0.1, -0.05) is 41.9 Å². The van der Waals surface area contributed by atoms with E-state index < -0.39 is 5.91 Å². The zero-order valence-electron chi connectivity index (χ0n) is 11.5. The molecule has 6 heteroatoms. The highest BCUT2D eigenvalue weighted by Crippen LogP contribution is 2.25. The number of hydrogen-bond acceptors (Lipinski definition) is 4. The van der Waals surface area contributed by atoms with Crippen LogP contribution in [0.2, 0.25) is 5.02 Å². The molecule has 0 spiro atoms. The Kier molecular flexibility index (Phi) is 3.89. The number of nitrogens with one attached hydrogen (secondary N) is 1. The minimum Gasteiger partial charge on any atom is -0.505 e. The number of aromatic nitrogens is 2. The van der Waals surface area contributed by atoms with Crippen molar-refractivity contribution in [3.05, 3.63) is 64.8 Å². The lowest BCUT2D eigenvalue weighted by atomic mass is 10.2. The molecular weight excluding hydrogens is 302 g/mol. The Morgan fingerprint density at radius 2 is 1.82 bits per heavy atom. The van der Waals surface area contributed by atoms with Crippen LogP contribution in [0.15, 0.2) is 48.5 Å². The third kappa shape index (κ3) is 2.71. The van der Waals surface area contributed by atoms with E-state index in [1.54, 1.807) is 30.3 Å². The fraction of sp³-hybridized carbons (Fsp3) is 0.0625. The van der Waals surface area contributed by atoms with Gasteiger partial charge in [-0.3, -0.25) is 4.79 Å². The molecule has 22 heavy (non-hydrogen) atoms. The van der Waals surface area contributed by atoms with Crippen molar-refractivity contribution in [1.82, 2.24) is 15.5 Å². The molecule has 0 aliphatic heterocycles. The Morgan fingerprint density at radius 3 is 2.64 bits per heavy atom. The molecule has 3 aromatic rings. The zero-order valence-corrected chi connectivity index (χ0v) is 12.2. The maximum Gasteiger partial charge on any atom is 0.275 e. The summed E-state index contributed by atoms with van der Waals surface area (Å²) >= 11 is 6.03. The maximum atomic E-state index is 12.2. The van der Waals surface area contributed by atoms with Gasteiger partial charge in [-0.25, -0.2) is 0 Å². The normalized spacial score (nSPS) is 10.6. The van der Waals surface area contributed by atoms with Crippen LogP contribution in [0.25, 0.3) is 10.9 Å². The van der Waals surface area contributed by atoms with Crippen molar-refractivity contribution in [3.63, 3.8) is 0 Å². The van der Waals surface area contributed by atoms with Gasteiger partial charge >= 0.3 is 0 Å². The first-order valence-corrected chi connectivity index (χ1v) is 7.00. The van der Waals surface area contributed by atoms with Crippen LogP contribution in [-0.4, -0.2) is 21.2 Å². The zero-order chi connectivity index (χ0) is 15.5. The van der Waals surface area contributed by atoms with Crippen molar-refractivity contribution in [2.24, 2.45) is 0 Å². The molecule has 1 heterocycles. The first kappa shape index (κ1) is 14.3. The number of carbonyl (C=O) groups is 1. The summed E-state index contributed by atoms with van der Waals surface area (Å²) in [5.74, 6) is -0.682. The molecule has 0 saturated heterocycles. The van der Waals surface area contributed by atoms with Crippen LogP contribution in [0.4, 0.5) is 0 Å². The molecule has 0 fully saturated rings. The molecule has 0 aliphatic rings. The summed E-state index contributed by atoms with van der Waals surface area (Å²) in [5.41, 5.74) is 1.21. The second kappa shape index (κ2) is 5.99. The number of halogens is 1. The number of aromatic hydroxyl groups is 1. The number of benzene rings is 2. The molecular formula is C16H12ClN3O2. The molecule has 3 rings (SSSR count). The predicted molar refractivity (Wildman–Crippen MR) is 83.8 cm³/mol. The van der Waals surface area contributed by atoms with Crippen molar-refractivity contribution in [3.8, 4) is 5.75 Å². The lowest BCUT2D eigenvalue weighted by molar-refractivity contribution is 0.0942. The van der Waals surface area contributed by atoms with Crippen molar-refractivity contribution < 1.29 is 9.90 Å². The average molecular weight is 314 g/mol. The molecule has 110 valence electrons. The maximum absolute atomic E-state index is 12.2. The average Bonchev–Trinajstić information content (AvgIpc) is 2.54. The van der Waals surface area contributed by atoms with E-state index in [9.17, 15) is 9.90 Å². The monoisotopic (exact) mass is 313 g/mol. The Labute approximate surface area is 131 Å². The second-order valence-corrected chi connectivity index (χ2v) is 5.10. The molecule has 0 bridgehead atoms. The lowest BCUT2D eigenvalue weighted by Crippen LogP contribution is -2.24. The van der Waals surface area contributed by atoms with E-state index in [0.29, 0.717) is 15.9 Å². The molecule has 1 aromatic heterocycles. The van der Waals surface area contributed by atoms with E-state index >= 15 is 0 Å². The summed E-state index contributed by atoms with van der Waals surface area (Å²) < 4.78 is 0. The van der Waals surface area contributed by atoms with E-state index in [-0.39, 0.29) is 18.0 Å². The Hall–Kier alpha value is -2.66. The summed E-state index contributed by atoms with van der Waals surface area (Å²) in [4.78, 5) is 12.2. The van der Waals surface area contributed by atoms with Crippen LogP contribution in [0.3, 0.4) is 0 Å². The van der Waals surface area contributed by atoms with Crippen LogP contribution >= 0.6 is 11.6 Å². The van der Waals surface area contributed by atoms with Gasteiger partial charge in [0.1, 0.15) is 0 Å². The molecule has 1 amide bonds. The quantitative estimate of drug-likeness (QED) is 0.779. The van der Waals surface area contributed by atoms with E-state index in [1.165, 1.54) is 0 Å². The van der Waals surface area contributed by atoms with Crippen molar-refractivity contribution in [2.75, 3.05) is 0 Å². The molecule has 0 aliphatic carbocycles. The number of hydrogen-bond donors (Lipinski definition) is 2. The van der Waals surface area contributed by atoms with Gasteiger partial charge in [-0.15, -0.1) is 10.2 Å². The minimum atomic E-state index is -0.504. The highest BCUT2D eigenvalue weighted by atomic mass is 35.5. The Bertz CT molecular complexity index is 852. The highest BCUT2D eigenvalue weighted by molar-refractivity contribution is 6.31. The minimum absolute atomic E-state index is 0.106. The van der Waals surface area contributed by atoms with Crippen molar-refractivity contribution in [2.45, 2.75) is 6.54 Å². The van der Waals surface area contributed by atoms with Gasteiger partial charge in [0.05, 0.1) is 5.52 Å². The second-order valence-electron chi connectivity index (χ2n) is 4.69. The SMILES string of the molecule is O=C(NCc1ccccc1Cl)c1nnc2ccccc2c1O. The number of nitrogens with zero attached hydrogens (tertiary/aromatic N) is 2. The number of fused-ring (bicyclic) bond motifs is 1. The summed E-state index contributed by atoms with van der Waals surface area (Å²) in [7, 11) is 0. The summed E-state index contributed by atoms with van der Waals surface area (Å²) in [6, 6.07) is 14.2. The summed E-state index contributed by atoms with van der Waals surface area (Å²) in [6.07, 6.45) is 0. The van der Waals surface area contributed by atoms with Crippen LogP contribution in [0.1, 0.15) is 16.1 Å². The smallest absolute Gasteiger partial charge is 0.275 e. The van der Waals surface area contributed by atoms with Crippen molar-refractivity contribution in [1.29, 1.82) is 0 Å². The fourth-order valence-electron chi connectivity index (χ4n) is 2.09. The number of amides is 1. The van der Waals surface area contributed by atoms with Gasteiger partial charge in [0, 0.05) is 17.0 Å². The third-order valence-corrected chi connectivity index (χ3v) is 3.62. The molecule has 0 unspecified atom stereocenters. The van der Waals surface area contributed by atoms with E-state index in [0.717, 1.165) is 5.56 Å². The van der Waals surface area contributed by atoms with Crippen molar-refractivity contribution >= 4 is 28.4 Å². The van der Waals surface area contributed by atoms with Gasteiger partial charge in [-0.2, -0.15) is 0 Å². The molecule has 0 saturated carbocycles. The van der Waals surface area contributed by atoms with Crippen LogP contribution < -0.4 is 5.32 Å². The first-order valence-electron chi connectivity index (χ1n) is 6.63. The van der Waals surface area contributed by atoms with Gasteiger partial charge in [-0.05, 0) is 23.8 Å². The summed E-state index contributed by atoms with van der Waals surface area (Å²) in [6.45, 7) is 0.243. The predicted octanol–water partition coefficient (Wildman–Crippen LogP) is 2.92. The van der Waals surface area contributed by atoms with Gasteiger partial charge in [0.2, 0.25) is 0 Å². The van der Waals surface area contributed by atoms with E-state index in [1.807, 2.05) is 18.2 Å². The van der Waals surface area contributed by atoms with Gasteiger partial charge < -0.3 is 10.4 Å². The van der Waals surface area contributed by atoms with Crippen LogP contribution in [-0.2, 0) is 6.54 Å². The van der Waals surface area contributed by atoms with E-state index in [4.69, 9.17) is 11.6 Å². The highest BCUT2D eigenvalue weighted by Gasteiger charge is 2.16. The third-order valence-electron chi connectivity index (χ3n) is 3.25. The fourth-order valence-corrected chi connectivity index (χ4v) is 2.30. The lowest BCUT2D eigenvalue weighted by Gasteiger charge is -2.08. The molecule has 0 atom stereocenters. The first-order chi connectivity index (χ1) is 10.7. The number of rotatable bonds is 3. The molecule has 5 nitrogen and oxygen atoms in total. The molecule has 2 N–H and O–H groups in total. The van der Waals surface area contributed by atoms with Crippen LogP contribution in [0, 0.1) is 0 Å². The topological polar surface area (TPSA) is 75.1 Å². The summed E-state index contributed by atoms with van der Waals surface area (Å²) in [5, 5.41) is 21.6. The van der Waals surface area contributed by atoms with Gasteiger partial charge in [0.25, 0.3) is 5.91 Å². The van der Waals surface area contributed by atoms with Crippen LogP contribution in [0.5, 0.6) is 5.75 Å².